The third kappa shape index (κ3) is 6.74. The van der Waals surface area contributed by atoms with Gasteiger partial charge in [0.15, 0.2) is 0 Å². The second kappa shape index (κ2) is 11.0. The average molecular weight is 367 g/mol. The molecule has 0 saturated heterocycles. The number of hydrogen-bond donors (Lipinski definition) is 0. The van der Waals surface area contributed by atoms with E-state index in [-0.39, 0.29) is 5.56 Å². The lowest BCUT2D eigenvalue weighted by atomic mass is 10.0. The normalized spacial score (nSPS) is 11.3. The molecule has 2 rings (SSSR count). The SMILES string of the molecule is CCCCCCCc1cc(F)c(/C=N/N=C/c2ccc(C#N)cc2)c(F)c1. The van der Waals surface area contributed by atoms with Crippen molar-refractivity contribution in [3.63, 3.8) is 0 Å². The Labute approximate surface area is 159 Å². The van der Waals surface area contributed by atoms with E-state index >= 15 is 0 Å². The number of hydrogen-bond acceptors (Lipinski definition) is 3. The highest BCUT2D eigenvalue weighted by Crippen LogP contribution is 2.16. The molecule has 0 bridgehead atoms. The van der Waals surface area contributed by atoms with Gasteiger partial charge in [0, 0.05) is 0 Å². The molecular weight excluding hydrogens is 344 g/mol. The Morgan fingerprint density at radius 3 is 2.19 bits per heavy atom. The molecule has 2 aromatic rings. The third-order valence-electron chi connectivity index (χ3n) is 4.21. The van der Waals surface area contributed by atoms with Crippen LogP contribution in [-0.4, -0.2) is 12.4 Å². The van der Waals surface area contributed by atoms with Crippen LogP contribution in [0.15, 0.2) is 46.6 Å². The summed E-state index contributed by atoms with van der Waals surface area (Å²) in [6.07, 6.45) is 8.74. The quantitative estimate of drug-likeness (QED) is 0.314. The van der Waals surface area contributed by atoms with Crippen molar-refractivity contribution in [2.45, 2.75) is 45.4 Å². The van der Waals surface area contributed by atoms with Crippen LogP contribution in [0.4, 0.5) is 8.78 Å². The lowest BCUT2D eigenvalue weighted by molar-refractivity contribution is 0.572. The van der Waals surface area contributed by atoms with Crippen LogP contribution >= 0.6 is 0 Å². The zero-order valence-electron chi connectivity index (χ0n) is 15.5. The summed E-state index contributed by atoms with van der Waals surface area (Å²) in [6, 6.07) is 11.5. The van der Waals surface area contributed by atoms with Crippen molar-refractivity contribution in [3.05, 3.63) is 70.3 Å². The molecule has 0 radical (unpaired) electrons. The second-order valence-corrected chi connectivity index (χ2v) is 6.36. The molecule has 0 aromatic heterocycles. The molecule has 140 valence electrons. The first kappa shape index (κ1) is 20.4. The zero-order valence-corrected chi connectivity index (χ0v) is 15.5. The van der Waals surface area contributed by atoms with Crippen molar-refractivity contribution in [1.82, 2.24) is 0 Å². The number of nitriles is 1. The van der Waals surface area contributed by atoms with Gasteiger partial charge in [-0.15, -0.1) is 0 Å². The first-order valence-electron chi connectivity index (χ1n) is 9.18. The molecular formula is C22H23F2N3. The van der Waals surface area contributed by atoms with Crippen LogP contribution in [-0.2, 0) is 6.42 Å². The van der Waals surface area contributed by atoms with Gasteiger partial charge in [-0.1, -0.05) is 44.7 Å². The summed E-state index contributed by atoms with van der Waals surface area (Å²) in [7, 11) is 0. The Morgan fingerprint density at radius 1 is 0.926 bits per heavy atom. The second-order valence-electron chi connectivity index (χ2n) is 6.36. The molecule has 0 fully saturated rings. The number of benzene rings is 2. The van der Waals surface area contributed by atoms with Gasteiger partial charge >= 0.3 is 0 Å². The molecule has 3 nitrogen and oxygen atoms in total. The highest BCUT2D eigenvalue weighted by atomic mass is 19.1. The Kier molecular flexibility index (Phi) is 8.31. The summed E-state index contributed by atoms with van der Waals surface area (Å²) in [5.41, 5.74) is 1.76. The zero-order chi connectivity index (χ0) is 19.5. The lowest BCUT2D eigenvalue weighted by Gasteiger charge is -2.05. The lowest BCUT2D eigenvalue weighted by Crippen LogP contribution is -1.98. The van der Waals surface area contributed by atoms with Gasteiger partial charge in [-0.25, -0.2) is 8.78 Å². The van der Waals surface area contributed by atoms with E-state index in [1.165, 1.54) is 31.2 Å². The Hall–Kier alpha value is -2.87. The summed E-state index contributed by atoms with van der Waals surface area (Å²) in [5.74, 6) is -1.26. The predicted octanol–water partition coefficient (Wildman–Crippen LogP) is 5.80. The van der Waals surface area contributed by atoms with Crippen LogP contribution in [0.5, 0.6) is 0 Å². The smallest absolute Gasteiger partial charge is 0.135 e. The number of aryl methyl sites for hydroxylation is 1. The molecule has 0 aliphatic heterocycles. The maximum atomic E-state index is 14.2. The van der Waals surface area contributed by atoms with E-state index in [1.54, 1.807) is 24.3 Å². The molecule has 0 aliphatic rings. The van der Waals surface area contributed by atoms with Crippen molar-refractivity contribution in [3.8, 4) is 6.07 Å². The molecule has 2 aromatic carbocycles. The molecule has 0 spiro atoms. The number of nitrogens with zero attached hydrogens (tertiary/aromatic N) is 3. The predicted molar refractivity (Wildman–Crippen MR) is 105 cm³/mol. The minimum atomic E-state index is -0.629. The van der Waals surface area contributed by atoms with Gasteiger partial charge in [0.05, 0.1) is 29.6 Å². The minimum absolute atomic E-state index is 0.193. The van der Waals surface area contributed by atoms with E-state index in [0.29, 0.717) is 17.5 Å². The molecule has 0 aliphatic carbocycles. The first-order valence-corrected chi connectivity index (χ1v) is 9.18. The van der Waals surface area contributed by atoms with Crippen LogP contribution in [0.2, 0.25) is 0 Å². The summed E-state index contributed by atoms with van der Waals surface area (Å²) < 4.78 is 28.3. The van der Waals surface area contributed by atoms with Crippen LogP contribution < -0.4 is 0 Å². The molecule has 0 N–H and O–H groups in total. The molecule has 0 atom stereocenters. The standard InChI is InChI=1S/C22H23F2N3/c1-2-3-4-5-6-7-19-12-21(23)20(22(24)13-19)16-27-26-15-18-10-8-17(14-25)9-11-18/h8-13,15-16H,2-7H2,1H3/b26-15+,27-16+. The van der Waals surface area contributed by atoms with E-state index in [2.05, 4.69) is 17.1 Å². The van der Waals surface area contributed by atoms with E-state index in [1.807, 2.05) is 6.07 Å². The van der Waals surface area contributed by atoms with Gasteiger partial charge in [0.25, 0.3) is 0 Å². The minimum Gasteiger partial charge on any atom is -0.206 e. The van der Waals surface area contributed by atoms with Crippen molar-refractivity contribution in [1.29, 1.82) is 5.26 Å². The molecule has 0 unspecified atom stereocenters. The van der Waals surface area contributed by atoms with Gasteiger partial charge in [-0.2, -0.15) is 15.5 Å². The topological polar surface area (TPSA) is 48.5 Å². The number of rotatable bonds is 9. The summed E-state index contributed by atoms with van der Waals surface area (Å²) in [6.45, 7) is 2.15. The molecule has 0 amide bonds. The maximum absolute atomic E-state index is 14.2. The van der Waals surface area contributed by atoms with E-state index in [9.17, 15) is 8.78 Å². The van der Waals surface area contributed by atoms with Crippen molar-refractivity contribution >= 4 is 12.4 Å². The van der Waals surface area contributed by atoms with E-state index in [4.69, 9.17) is 5.26 Å². The average Bonchev–Trinajstić information content (AvgIpc) is 2.67. The van der Waals surface area contributed by atoms with Gasteiger partial charge < -0.3 is 0 Å². The summed E-state index contributed by atoms with van der Waals surface area (Å²) in [5, 5.41) is 16.3. The first-order chi connectivity index (χ1) is 13.1. The van der Waals surface area contributed by atoms with Crippen molar-refractivity contribution in [2.24, 2.45) is 10.2 Å². The molecule has 0 saturated carbocycles. The van der Waals surface area contributed by atoms with Crippen LogP contribution in [0.1, 0.15) is 61.3 Å². The fourth-order valence-electron chi connectivity index (χ4n) is 2.67. The van der Waals surface area contributed by atoms with Crippen LogP contribution in [0.25, 0.3) is 0 Å². The number of halogens is 2. The Morgan fingerprint density at radius 2 is 1.56 bits per heavy atom. The van der Waals surface area contributed by atoms with Crippen molar-refractivity contribution in [2.75, 3.05) is 0 Å². The van der Waals surface area contributed by atoms with Gasteiger partial charge in [0.1, 0.15) is 11.6 Å². The van der Waals surface area contributed by atoms with Crippen LogP contribution in [0, 0.1) is 23.0 Å². The van der Waals surface area contributed by atoms with Crippen LogP contribution in [0.3, 0.4) is 0 Å². The highest BCUT2D eigenvalue weighted by Gasteiger charge is 2.09. The maximum Gasteiger partial charge on any atom is 0.135 e. The monoisotopic (exact) mass is 367 g/mol. The van der Waals surface area contributed by atoms with Crippen molar-refractivity contribution < 1.29 is 8.78 Å². The largest absolute Gasteiger partial charge is 0.206 e. The van der Waals surface area contributed by atoms with Gasteiger partial charge in [0.2, 0.25) is 0 Å². The summed E-state index contributed by atoms with van der Waals surface area (Å²) in [4.78, 5) is 0. The molecule has 0 heterocycles. The fraction of sp³-hybridized carbons (Fsp3) is 0.318. The van der Waals surface area contributed by atoms with E-state index in [0.717, 1.165) is 31.0 Å². The molecule has 27 heavy (non-hydrogen) atoms. The molecule has 5 heteroatoms. The summed E-state index contributed by atoms with van der Waals surface area (Å²) >= 11 is 0. The highest BCUT2D eigenvalue weighted by molar-refractivity contribution is 5.83. The fourth-order valence-corrected chi connectivity index (χ4v) is 2.67. The van der Waals surface area contributed by atoms with Gasteiger partial charge in [-0.05, 0) is 48.2 Å². The van der Waals surface area contributed by atoms with E-state index < -0.39 is 11.6 Å². The Balaban J connectivity index is 1.96. The Bertz CT molecular complexity index is 811. The van der Waals surface area contributed by atoms with Gasteiger partial charge in [-0.3, -0.25) is 0 Å². The number of unbranched alkanes of at least 4 members (excludes halogenated alkanes) is 4. The third-order valence-corrected chi connectivity index (χ3v) is 4.21.